The number of aliphatic hydroxyl groups is 1. The van der Waals surface area contributed by atoms with Crippen molar-refractivity contribution in [1.29, 1.82) is 0 Å². The van der Waals surface area contributed by atoms with Crippen LogP contribution in [-0.4, -0.2) is 36.8 Å². The van der Waals surface area contributed by atoms with Gasteiger partial charge in [0.25, 0.3) is 0 Å². The first-order valence-corrected chi connectivity index (χ1v) is 3.28. The minimum absolute atomic E-state index is 0.726. The molecule has 0 aliphatic rings. The first-order chi connectivity index (χ1) is 5.49. The number of aliphatic hydroxyl groups excluding tert-OH is 1. The van der Waals surface area contributed by atoms with Crippen molar-refractivity contribution in [2.24, 2.45) is 5.73 Å². The molecule has 72 valence electrons. The number of nitrogens with two attached hydrogens (primary N) is 1. The smallest absolute Gasteiger partial charge is 0.336 e. The highest BCUT2D eigenvalue weighted by Gasteiger charge is 2.26. The summed E-state index contributed by atoms with van der Waals surface area (Å²) in [6.07, 6.45) is -5.04. The normalized spacial score (nSPS) is 15.8. The van der Waals surface area contributed by atoms with Crippen LogP contribution in [0.1, 0.15) is 6.42 Å². The van der Waals surface area contributed by atoms with Crippen molar-refractivity contribution in [3.05, 3.63) is 0 Å². The highest BCUT2D eigenvalue weighted by Crippen LogP contribution is 2.06. The predicted octanol–water partition coefficient (Wildman–Crippen LogP) is -0.497. The van der Waals surface area contributed by atoms with E-state index in [1.165, 1.54) is 0 Å². The average molecular weight is 183 g/mol. The molecular formula is C6H11F2NO3. The van der Waals surface area contributed by atoms with Crippen LogP contribution >= 0.6 is 0 Å². The van der Waals surface area contributed by atoms with Crippen LogP contribution < -0.4 is 5.73 Å². The van der Waals surface area contributed by atoms with Gasteiger partial charge >= 0.3 is 5.97 Å². The van der Waals surface area contributed by atoms with Crippen molar-refractivity contribution in [3.8, 4) is 0 Å². The molecule has 0 aromatic carbocycles. The number of carbonyl (C=O) groups excluding carboxylic acids is 1. The number of halogens is 2. The van der Waals surface area contributed by atoms with E-state index in [-0.39, 0.29) is 0 Å². The summed E-state index contributed by atoms with van der Waals surface area (Å²) in [7, 11) is 1.04. The number of rotatable bonds is 4. The summed E-state index contributed by atoms with van der Waals surface area (Å²) in [4.78, 5) is 10.5. The molecule has 0 amide bonds. The van der Waals surface area contributed by atoms with Crippen LogP contribution in [0, 0.1) is 0 Å². The summed E-state index contributed by atoms with van der Waals surface area (Å²) >= 11 is 0. The first kappa shape index (κ1) is 11.2. The van der Waals surface area contributed by atoms with Gasteiger partial charge in [0.05, 0.1) is 7.11 Å². The SMILES string of the molecule is COC(=O)[C@H](O)[C@@H](N)CC(F)F. The van der Waals surface area contributed by atoms with Crippen LogP contribution in [0.3, 0.4) is 0 Å². The van der Waals surface area contributed by atoms with Crippen molar-refractivity contribution in [2.75, 3.05) is 7.11 Å². The maximum absolute atomic E-state index is 11.7. The molecule has 2 atom stereocenters. The molecule has 12 heavy (non-hydrogen) atoms. The molecule has 0 unspecified atom stereocenters. The zero-order valence-corrected chi connectivity index (χ0v) is 6.54. The Labute approximate surface area is 68.3 Å². The van der Waals surface area contributed by atoms with Gasteiger partial charge in [0, 0.05) is 12.5 Å². The molecule has 0 aliphatic carbocycles. The van der Waals surface area contributed by atoms with Crippen molar-refractivity contribution in [3.63, 3.8) is 0 Å². The van der Waals surface area contributed by atoms with Gasteiger partial charge in [-0.1, -0.05) is 0 Å². The number of methoxy groups -OCH3 is 1. The Hall–Kier alpha value is -0.750. The second-order valence-electron chi connectivity index (χ2n) is 2.26. The molecule has 0 aromatic heterocycles. The fourth-order valence-corrected chi connectivity index (χ4v) is 0.630. The van der Waals surface area contributed by atoms with Crippen LogP contribution in [0.2, 0.25) is 0 Å². The Kier molecular flexibility index (Phi) is 4.68. The molecule has 0 rings (SSSR count). The molecule has 0 heterocycles. The van der Waals surface area contributed by atoms with Crippen molar-refractivity contribution < 1.29 is 23.4 Å². The lowest BCUT2D eigenvalue weighted by Gasteiger charge is -2.15. The lowest BCUT2D eigenvalue weighted by atomic mass is 10.1. The second-order valence-corrected chi connectivity index (χ2v) is 2.26. The van der Waals surface area contributed by atoms with Gasteiger partial charge in [-0.25, -0.2) is 13.6 Å². The largest absolute Gasteiger partial charge is 0.467 e. The molecule has 0 saturated carbocycles. The maximum atomic E-state index is 11.7. The van der Waals surface area contributed by atoms with E-state index in [1.54, 1.807) is 0 Å². The van der Waals surface area contributed by atoms with Gasteiger partial charge in [0.15, 0.2) is 6.10 Å². The van der Waals surface area contributed by atoms with Gasteiger partial charge in [-0.2, -0.15) is 0 Å². The Bertz CT molecular complexity index is 154. The third-order valence-corrected chi connectivity index (χ3v) is 1.30. The highest BCUT2D eigenvalue weighted by atomic mass is 19.3. The molecule has 0 fully saturated rings. The summed E-state index contributed by atoms with van der Waals surface area (Å²) in [5, 5.41) is 8.90. The van der Waals surface area contributed by atoms with Gasteiger partial charge in [0.2, 0.25) is 6.43 Å². The molecule has 0 bridgehead atoms. The third-order valence-electron chi connectivity index (χ3n) is 1.30. The number of carbonyl (C=O) groups is 1. The predicted molar refractivity (Wildman–Crippen MR) is 36.6 cm³/mol. The van der Waals surface area contributed by atoms with Crippen LogP contribution in [0.4, 0.5) is 8.78 Å². The Morgan fingerprint density at radius 2 is 2.17 bits per heavy atom. The molecule has 0 spiro atoms. The molecule has 0 saturated heterocycles. The molecule has 0 radical (unpaired) electrons. The van der Waals surface area contributed by atoms with E-state index < -0.39 is 31.0 Å². The second kappa shape index (κ2) is 5.00. The van der Waals surface area contributed by atoms with E-state index >= 15 is 0 Å². The Morgan fingerprint density at radius 1 is 1.67 bits per heavy atom. The Balaban J connectivity index is 3.91. The standard InChI is InChI=1S/C6H11F2NO3/c1-12-6(11)5(10)3(9)2-4(7)8/h3-5,10H,2,9H2,1H3/t3-,5+/m0/s1. The lowest BCUT2D eigenvalue weighted by Crippen LogP contribution is -2.42. The number of hydrogen-bond donors (Lipinski definition) is 2. The van der Waals surface area contributed by atoms with Crippen LogP contribution in [0.15, 0.2) is 0 Å². The van der Waals surface area contributed by atoms with Gasteiger partial charge in [-0.3, -0.25) is 0 Å². The Morgan fingerprint density at radius 3 is 2.50 bits per heavy atom. The minimum Gasteiger partial charge on any atom is -0.467 e. The molecule has 4 nitrogen and oxygen atoms in total. The van der Waals surface area contributed by atoms with E-state index in [0.29, 0.717) is 0 Å². The van der Waals surface area contributed by atoms with Gasteiger partial charge in [-0.05, 0) is 0 Å². The van der Waals surface area contributed by atoms with Crippen molar-refractivity contribution in [2.45, 2.75) is 25.0 Å². The highest BCUT2D eigenvalue weighted by molar-refractivity contribution is 5.75. The molecule has 3 N–H and O–H groups in total. The number of ether oxygens (including phenoxy) is 1. The van der Waals surface area contributed by atoms with Crippen molar-refractivity contribution in [1.82, 2.24) is 0 Å². The fraction of sp³-hybridized carbons (Fsp3) is 0.833. The number of esters is 1. The third kappa shape index (κ3) is 3.59. The molecule has 6 heteroatoms. The average Bonchev–Trinajstić information content (AvgIpc) is 2.00. The molecular weight excluding hydrogens is 172 g/mol. The molecule has 0 aliphatic heterocycles. The lowest BCUT2D eigenvalue weighted by molar-refractivity contribution is -0.151. The molecule has 0 aromatic rings. The van der Waals surface area contributed by atoms with E-state index in [0.717, 1.165) is 7.11 Å². The summed E-state index contributed by atoms with van der Waals surface area (Å²) < 4.78 is 27.4. The van der Waals surface area contributed by atoms with Gasteiger partial charge < -0.3 is 15.6 Å². The van der Waals surface area contributed by atoms with Gasteiger partial charge in [0.1, 0.15) is 0 Å². The van der Waals surface area contributed by atoms with Crippen LogP contribution in [0.5, 0.6) is 0 Å². The summed E-state index contributed by atoms with van der Waals surface area (Å²) in [5.74, 6) is -0.997. The summed E-state index contributed by atoms with van der Waals surface area (Å²) in [6, 6.07) is -1.28. The van der Waals surface area contributed by atoms with E-state index in [9.17, 15) is 13.6 Å². The zero-order chi connectivity index (χ0) is 9.72. The van der Waals surface area contributed by atoms with E-state index in [4.69, 9.17) is 10.8 Å². The summed E-state index contributed by atoms with van der Waals surface area (Å²) in [6.45, 7) is 0. The van der Waals surface area contributed by atoms with Gasteiger partial charge in [-0.15, -0.1) is 0 Å². The number of alkyl halides is 2. The van der Waals surface area contributed by atoms with Crippen LogP contribution in [0.25, 0.3) is 0 Å². The maximum Gasteiger partial charge on any atom is 0.336 e. The van der Waals surface area contributed by atoms with E-state index in [1.807, 2.05) is 0 Å². The number of hydrogen-bond acceptors (Lipinski definition) is 4. The van der Waals surface area contributed by atoms with Crippen molar-refractivity contribution >= 4 is 5.97 Å². The zero-order valence-electron chi connectivity index (χ0n) is 6.54. The fourth-order valence-electron chi connectivity index (χ4n) is 0.630. The van der Waals surface area contributed by atoms with Crippen LogP contribution in [-0.2, 0) is 9.53 Å². The topological polar surface area (TPSA) is 72.5 Å². The minimum atomic E-state index is -2.64. The quantitative estimate of drug-likeness (QED) is 0.576. The monoisotopic (exact) mass is 183 g/mol. The van der Waals surface area contributed by atoms with E-state index in [2.05, 4.69) is 4.74 Å². The summed E-state index contributed by atoms with van der Waals surface area (Å²) in [5.41, 5.74) is 5.06. The first-order valence-electron chi connectivity index (χ1n) is 3.28.